The number of sulfonamides is 1. The average Bonchev–Trinajstić information content (AvgIpc) is 3.12. The van der Waals surface area contributed by atoms with Crippen molar-refractivity contribution < 1.29 is 22.1 Å². The van der Waals surface area contributed by atoms with Crippen LogP contribution < -0.4 is 4.74 Å². The first-order chi connectivity index (χ1) is 12.9. The molecule has 9 heteroatoms. The van der Waals surface area contributed by atoms with Crippen molar-refractivity contribution in [2.24, 2.45) is 0 Å². The van der Waals surface area contributed by atoms with E-state index in [4.69, 9.17) is 9.26 Å². The smallest absolute Gasteiger partial charge is 0.242 e. The van der Waals surface area contributed by atoms with Gasteiger partial charge in [0, 0.05) is 18.2 Å². The molecule has 0 amide bonds. The lowest BCUT2D eigenvalue weighted by Gasteiger charge is -2.15. The van der Waals surface area contributed by atoms with E-state index in [0.29, 0.717) is 17.1 Å². The van der Waals surface area contributed by atoms with Crippen molar-refractivity contribution in [1.29, 1.82) is 0 Å². The van der Waals surface area contributed by atoms with E-state index in [1.54, 1.807) is 37.4 Å². The van der Waals surface area contributed by atoms with Crippen LogP contribution in [0.15, 0.2) is 53.1 Å². The average molecular weight is 391 g/mol. The van der Waals surface area contributed by atoms with Crippen molar-refractivity contribution in [2.75, 3.05) is 14.2 Å². The van der Waals surface area contributed by atoms with Crippen molar-refractivity contribution >= 4 is 10.0 Å². The number of nitrogens with zero attached hydrogens (tertiary/aromatic N) is 3. The summed E-state index contributed by atoms with van der Waals surface area (Å²) in [6.45, 7) is -0.111. The molecule has 0 N–H and O–H groups in total. The van der Waals surface area contributed by atoms with Crippen LogP contribution >= 0.6 is 0 Å². The molecule has 0 radical (unpaired) electrons. The number of rotatable bonds is 7. The standard InChI is InChI=1S/C18H18FN3O4S/c1-22(27(23,24)12-14-5-3-4-6-16(14)19)11-17-20-18(21-26-17)13-7-9-15(25-2)10-8-13/h3-10H,11-12H2,1-2H3. The summed E-state index contributed by atoms with van der Waals surface area (Å²) in [4.78, 5) is 4.22. The summed E-state index contributed by atoms with van der Waals surface area (Å²) in [7, 11) is -0.799. The third kappa shape index (κ3) is 4.50. The Hall–Kier alpha value is -2.78. The maximum absolute atomic E-state index is 13.7. The first kappa shape index (κ1) is 19.0. The Morgan fingerprint density at radius 3 is 2.52 bits per heavy atom. The van der Waals surface area contributed by atoms with Crippen molar-refractivity contribution in [2.45, 2.75) is 12.3 Å². The highest BCUT2D eigenvalue weighted by Gasteiger charge is 2.23. The molecule has 2 aromatic carbocycles. The number of aromatic nitrogens is 2. The predicted molar refractivity (Wildman–Crippen MR) is 96.8 cm³/mol. The molecule has 0 saturated heterocycles. The van der Waals surface area contributed by atoms with Gasteiger partial charge in [0.1, 0.15) is 11.6 Å². The van der Waals surface area contributed by atoms with Gasteiger partial charge in [0.05, 0.1) is 19.4 Å². The van der Waals surface area contributed by atoms with Gasteiger partial charge in [0.25, 0.3) is 0 Å². The van der Waals surface area contributed by atoms with Gasteiger partial charge in [-0.15, -0.1) is 0 Å². The van der Waals surface area contributed by atoms with E-state index < -0.39 is 21.6 Å². The van der Waals surface area contributed by atoms with Gasteiger partial charge in [0.2, 0.25) is 21.7 Å². The van der Waals surface area contributed by atoms with Crippen molar-refractivity contribution in [1.82, 2.24) is 14.4 Å². The fourth-order valence-electron chi connectivity index (χ4n) is 2.39. The highest BCUT2D eigenvalue weighted by molar-refractivity contribution is 7.88. The Bertz CT molecular complexity index is 1020. The fourth-order valence-corrected chi connectivity index (χ4v) is 3.54. The number of hydrogen-bond acceptors (Lipinski definition) is 6. The molecule has 7 nitrogen and oxygen atoms in total. The van der Waals surface area contributed by atoms with Crippen LogP contribution in [0.2, 0.25) is 0 Å². The Morgan fingerprint density at radius 2 is 1.85 bits per heavy atom. The van der Waals surface area contributed by atoms with E-state index in [1.807, 2.05) is 0 Å². The summed E-state index contributed by atoms with van der Waals surface area (Å²) >= 11 is 0. The van der Waals surface area contributed by atoms with Gasteiger partial charge in [-0.3, -0.25) is 0 Å². The Labute approximate surface area is 156 Å². The molecule has 0 fully saturated rings. The molecule has 1 aromatic heterocycles. The monoisotopic (exact) mass is 391 g/mol. The number of benzene rings is 2. The molecule has 0 spiro atoms. The molecule has 3 rings (SSSR count). The first-order valence-corrected chi connectivity index (χ1v) is 9.64. The summed E-state index contributed by atoms with van der Waals surface area (Å²) in [5.41, 5.74) is 0.816. The minimum atomic E-state index is -3.75. The lowest BCUT2D eigenvalue weighted by Crippen LogP contribution is -2.28. The van der Waals surface area contributed by atoms with Crippen LogP contribution in [0, 0.1) is 5.82 Å². The lowest BCUT2D eigenvalue weighted by molar-refractivity contribution is 0.336. The molecule has 0 atom stereocenters. The quantitative estimate of drug-likeness (QED) is 0.616. The number of hydrogen-bond donors (Lipinski definition) is 0. The van der Waals surface area contributed by atoms with Gasteiger partial charge in [0.15, 0.2) is 0 Å². The predicted octanol–water partition coefficient (Wildman–Crippen LogP) is 2.85. The second kappa shape index (κ2) is 7.85. The van der Waals surface area contributed by atoms with Crippen LogP contribution in [-0.2, 0) is 22.3 Å². The minimum absolute atomic E-state index is 0.105. The van der Waals surface area contributed by atoms with Crippen LogP contribution in [0.5, 0.6) is 5.75 Å². The maximum Gasteiger partial charge on any atom is 0.242 e. The molecule has 0 saturated carbocycles. The molecule has 1 heterocycles. The highest BCUT2D eigenvalue weighted by atomic mass is 32.2. The Kier molecular flexibility index (Phi) is 5.52. The van der Waals surface area contributed by atoms with E-state index in [1.165, 1.54) is 25.2 Å². The summed E-state index contributed by atoms with van der Waals surface area (Å²) in [6.07, 6.45) is 0. The molecule has 0 aliphatic rings. The third-order valence-corrected chi connectivity index (χ3v) is 5.70. The van der Waals surface area contributed by atoms with Gasteiger partial charge < -0.3 is 9.26 Å². The van der Waals surface area contributed by atoms with Crippen molar-refractivity contribution in [3.8, 4) is 17.1 Å². The Balaban J connectivity index is 1.71. The molecule has 0 unspecified atom stereocenters. The summed E-state index contributed by atoms with van der Waals surface area (Å²) in [5, 5.41) is 3.87. The zero-order valence-corrected chi connectivity index (χ0v) is 15.6. The molecule has 0 bridgehead atoms. The third-order valence-electron chi connectivity index (χ3n) is 3.94. The normalized spacial score (nSPS) is 11.7. The van der Waals surface area contributed by atoms with E-state index in [9.17, 15) is 12.8 Å². The molecule has 27 heavy (non-hydrogen) atoms. The van der Waals surface area contributed by atoms with Crippen LogP contribution in [0.1, 0.15) is 11.5 Å². The van der Waals surface area contributed by atoms with Crippen LogP contribution in [-0.4, -0.2) is 37.0 Å². The van der Waals surface area contributed by atoms with E-state index >= 15 is 0 Å². The van der Waals surface area contributed by atoms with Crippen molar-refractivity contribution in [3.05, 3.63) is 65.8 Å². The summed E-state index contributed by atoms with van der Waals surface area (Å²) in [5.74, 6) is 0.166. The first-order valence-electron chi connectivity index (χ1n) is 8.03. The van der Waals surface area contributed by atoms with E-state index in [0.717, 1.165) is 4.31 Å². The minimum Gasteiger partial charge on any atom is -0.497 e. The topological polar surface area (TPSA) is 85.5 Å². The number of halogens is 1. The van der Waals surface area contributed by atoms with Gasteiger partial charge in [-0.1, -0.05) is 23.4 Å². The molecular formula is C18H18FN3O4S. The number of methoxy groups -OCH3 is 1. The zero-order valence-electron chi connectivity index (χ0n) is 14.8. The number of ether oxygens (including phenoxy) is 1. The van der Waals surface area contributed by atoms with E-state index in [-0.39, 0.29) is 18.0 Å². The van der Waals surface area contributed by atoms with Gasteiger partial charge in [-0.25, -0.2) is 12.8 Å². The highest BCUT2D eigenvalue weighted by Crippen LogP contribution is 2.21. The van der Waals surface area contributed by atoms with Gasteiger partial charge in [-0.2, -0.15) is 9.29 Å². The van der Waals surface area contributed by atoms with Gasteiger partial charge >= 0.3 is 0 Å². The summed E-state index contributed by atoms with van der Waals surface area (Å²) in [6, 6.07) is 12.8. The largest absolute Gasteiger partial charge is 0.497 e. The van der Waals surface area contributed by atoms with Crippen LogP contribution in [0.4, 0.5) is 4.39 Å². The van der Waals surface area contributed by atoms with Crippen LogP contribution in [0.3, 0.4) is 0 Å². The van der Waals surface area contributed by atoms with E-state index in [2.05, 4.69) is 10.1 Å². The maximum atomic E-state index is 13.7. The molecule has 0 aliphatic carbocycles. The molecule has 3 aromatic rings. The zero-order chi connectivity index (χ0) is 19.4. The van der Waals surface area contributed by atoms with Gasteiger partial charge in [-0.05, 0) is 30.3 Å². The molecule has 142 valence electrons. The SMILES string of the molecule is COc1ccc(-c2noc(CN(C)S(=O)(=O)Cc3ccccc3F)n2)cc1. The fraction of sp³-hybridized carbons (Fsp3) is 0.222. The molecule has 0 aliphatic heterocycles. The van der Waals surface area contributed by atoms with Crippen LogP contribution in [0.25, 0.3) is 11.4 Å². The van der Waals surface area contributed by atoms with Crippen molar-refractivity contribution in [3.63, 3.8) is 0 Å². The second-order valence-electron chi connectivity index (χ2n) is 5.84. The molecular weight excluding hydrogens is 373 g/mol. The summed E-state index contributed by atoms with van der Waals surface area (Å²) < 4.78 is 49.9. The lowest BCUT2D eigenvalue weighted by atomic mass is 10.2. The Morgan fingerprint density at radius 1 is 1.15 bits per heavy atom. The second-order valence-corrected chi connectivity index (χ2v) is 7.92.